The SMILES string of the molecule is C.NC1=Nc2ccccc2S(=O)(=O)Nc2cc(c3ccccc3n2)C(=O)N1. The number of hydrogen-bond donors (Lipinski definition) is 3. The summed E-state index contributed by atoms with van der Waals surface area (Å²) in [6, 6.07) is 14.4. The highest BCUT2D eigenvalue weighted by Crippen LogP contribution is 2.28. The van der Waals surface area contributed by atoms with Gasteiger partial charge in [-0.15, -0.1) is 0 Å². The van der Waals surface area contributed by atoms with Crippen molar-refractivity contribution in [1.82, 2.24) is 10.3 Å². The minimum absolute atomic E-state index is 0. The quantitative estimate of drug-likeness (QED) is 0.549. The minimum Gasteiger partial charge on any atom is -0.369 e. The van der Waals surface area contributed by atoms with Crippen LogP contribution in [0.4, 0.5) is 11.5 Å². The van der Waals surface area contributed by atoms with Gasteiger partial charge in [-0.3, -0.25) is 14.8 Å². The maximum Gasteiger partial charge on any atom is 0.265 e. The van der Waals surface area contributed by atoms with E-state index in [-0.39, 0.29) is 35.4 Å². The summed E-state index contributed by atoms with van der Waals surface area (Å²) >= 11 is 0. The third-order valence-electron chi connectivity index (χ3n) is 3.84. The molecule has 1 aromatic heterocycles. The molecule has 2 aromatic carbocycles. The number of hydrogen-bond acceptors (Lipinski definition) is 6. The molecule has 3 aromatic rings. The number of para-hydroxylation sites is 2. The summed E-state index contributed by atoms with van der Waals surface area (Å²) < 4.78 is 28.0. The van der Waals surface area contributed by atoms with E-state index < -0.39 is 15.9 Å². The Balaban J connectivity index is 0.00000210. The van der Waals surface area contributed by atoms with Gasteiger partial charge in [-0.25, -0.2) is 18.4 Å². The number of sulfonamides is 1. The Hall–Kier alpha value is -3.46. The number of nitrogens with zero attached hydrogens (tertiary/aromatic N) is 2. The Morgan fingerprint density at radius 3 is 2.52 bits per heavy atom. The van der Waals surface area contributed by atoms with Crippen molar-refractivity contribution in [2.24, 2.45) is 10.7 Å². The van der Waals surface area contributed by atoms with Gasteiger partial charge in [-0.05, 0) is 24.3 Å². The van der Waals surface area contributed by atoms with Crippen LogP contribution in [0.1, 0.15) is 17.8 Å². The van der Waals surface area contributed by atoms with Gasteiger partial charge in [0.15, 0.2) is 0 Å². The molecule has 0 spiro atoms. The fourth-order valence-corrected chi connectivity index (χ4v) is 3.86. The lowest BCUT2D eigenvalue weighted by molar-refractivity contribution is 0.0978. The summed E-state index contributed by atoms with van der Waals surface area (Å²) in [6.07, 6.45) is 0. The molecule has 9 heteroatoms. The van der Waals surface area contributed by atoms with Crippen molar-refractivity contribution in [1.29, 1.82) is 0 Å². The molecule has 0 unspecified atom stereocenters. The molecule has 0 saturated carbocycles. The molecule has 4 N–H and O–H groups in total. The number of nitrogens with one attached hydrogen (secondary N) is 2. The van der Waals surface area contributed by atoms with Gasteiger partial charge in [0, 0.05) is 5.39 Å². The molecule has 1 aliphatic heterocycles. The number of rotatable bonds is 0. The monoisotopic (exact) mass is 383 g/mol. The first-order chi connectivity index (χ1) is 12.4. The minimum atomic E-state index is -3.98. The number of aromatic nitrogens is 1. The molecule has 27 heavy (non-hydrogen) atoms. The normalized spacial score (nSPS) is 15.3. The molecule has 1 amide bonds. The van der Waals surface area contributed by atoms with E-state index in [2.05, 4.69) is 20.0 Å². The van der Waals surface area contributed by atoms with Crippen LogP contribution in [-0.2, 0) is 10.0 Å². The third-order valence-corrected chi connectivity index (χ3v) is 5.24. The van der Waals surface area contributed by atoms with Crippen molar-refractivity contribution in [2.75, 3.05) is 4.72 Å². The van der Waals surface area contributed by atoms with Gasteiger partial charge < -0.3 is 5.73 Å². The van der Waals surface area contributed by atoms with Gasteiger partial charge in [0.2, 0.25) is 5.96 Å². The Morgan fingerprint density at radius 1 is 1.00 bits per heavy atom. The first-order valence-electron chi connectivity index (χ1n) is 7.61. The Labute approximate surface area is 156 Å². The van der Waals surface area contributed by atoms with Crippen LogP contribution in [0.15, 0.2) is 64.5 Å². The predicted octanol–water partition coefficient (Wildman–Crippen LogP) is 2.36. The number of carbonyl (C=O) groups is 1. The fraction of sp³-hybridized carbons (Fsp3) is 0.0556. The van der Waals surface area contributed by atoms with Gasteiger partial charge >= 0.3 is 0 Å². The van der Waals surface area contributed by atoms with Crippen molar-refractivity contribution in [3.8, 4) is 0 Å². The van der Waals surface area contributed by atoms with Crippen molar-refractivity contribution in [2.45, 2.75) is 12.3 Å². The first kappa shape index (κ1) is 18.3. The number of aliphatic imine (C=N–C) groups is 1. The highest BCUT2D eigenvalue weighted by molar-refractivity contribution is 7.92. The summed E-state index contributed by atoms with van der Waals surface area (Å²) in [7, 11) is -3.98. The van der Waals surface area contributed by atoms with Crippen LogP contribution in [-0.4, -0.2) is 25.3 Å². The van der Waals surface area contributed by atoms with Crippen LogP contribution >= 0.6 is 0 Å². The molecule has 0 saturated heterocycles. The molecular weight excluding hydrogens is 366 g/mol. The fourth-order valence-electron chi connectivity index (χ4n) is 2.73. The predicted molar refractivity (Wildman–Crippen MR) is 104 cm³/mol. The summed E-state index contributed by atoms with van der Waals surface area (Å²) in [5, 5.41) is 3.05. The lowest BCUT2D eigenvalue weighted by atomic mass is 10.1. The molecule has 0 atom stereocenters. The molecule has 2 bridgehead atoms. The molecule has 2 heterocycles. The molecular formula is C18H17N5O3S. The second-order valence-corrected chi connectivity index (χ2v) is 7.25. The lowest BCUT2D eigenvalue weighted by Gasteiger charge is -2.11. The highest BCUT2D eigenvalue weighted by Gasteiger charge is 2.22. The van der Waals surface area contributed by atoms with E-state index in [0.717, 1.165) is 0 Å². The molecule has 138 valence electrons. The third kappa shape index (κ3) is 3.32. The van der Waals surface area contributed by atoms with Gasteiger partial charge in [0.1, 0.15) is 10.7 Å². The molecule has 4 rings (SSSR count). The van der Waals surface area contributed by atoms with E-state index >= 15 is 0 Å². The smallest absolute Gasteiger partial charge is 0.265 e. The van der Waals surface area contributed by atoms with E-state index in [0.29, 0.717) is 10.9 Å². The molecule has 1 aliphatic rings. The lowest BCUT2D eigenvalue weighted by Crippen LogP contribution is -2.36. The van der Waals surface area contributed by atoms with Gasteiger partial charge in [0.05, 0.1) is 16.8 Å². The van der Waals surface area contributed by atoms with E-state index in [1.54, 1.807) is 36.4 Å². The number of pyridine rings is 1. The Morgan fingerprint density at radius 2 is 1.70 bits per heavy atom. The van der Waals surface area contributed by atoms with E-state index in [9.17, 15) is 13.2 Å². The number of amides is 1. The molecule has 0 aliphatic carbocycles. The van der Waals surface area contributed by atoms with Crippen molar-refractivity contribution >= 4 is 44.3 Å². The average molecular weight is 383 g/mol. The second-order valence-electron chi connectivity index (χ2n) is 5.60. The number of fused-ring (bicyclic) bond motifs is 5. The number of anilines is 1. The second kappa shape index (κ2) is 6.69. The number of carbonyl (C=O) groups excluding carboxylic acids is 1. The van der Waals surface area contributed by atoms with E-state index in [4.69, 9.17) is 5.73 Å². The summed E-state index contributed by atoms with van der Waals surface area (Å²) in [4.78, 5) is 20.9. The van der Waals surface area contributed by atoms with E-state index in [1.165, 1.54) is 18.2 Å². The van der Waals surface area contributed by atoms with Crippen LogP contribution in [0.25, 0.3) is 10.9 Å². The zero-order chi connectivity index (χ0) is 18.3. The van der Waals surface area contributed by atoms with Gasteiger partial charge in [0.25, 0.3) is 15.9 Å². The van der Waals surface area contributed by atoms with Crippen LogP contribution < -0.4 is 15.8 Å². The van der Waals surface area contributed by atoms with Crippen LogP contribution in [0.3, 0.4) is 0 Å². The maximum atomic E-state index is 12.8. The topological polar surface area (TPSA) is 127 Å². The van der Waals surface area contributed by atoms with Crippen LogP contribution in [0.5, 0.6) is 0 Å². The number of guanidine groups is 1. The van der Waals surface area contributed by atoms with Crippen molar-refractivity contribution in [3.05, 3.63) is 60.2 Å². The van der Waals surface area contributed by atoms with Gasteiger partial charge in [-0.2, -0.15) is 0 Å². The summed E-state index contributed by atoms with van der Waals surface area (Å²) in [5.74, 6) is -0.684. The summed E-state index contributed by atoms with van der Waals surface area (Å²) in [5.41, 5.74) is 6.62. The molecule has 0 fully saturated rings. The molecule has 8 nitrogen and oxygen atoms in total. The van der Waals surface area contributed by atoms with E-state index in [1.807, 2.05) is 0 Å². The molecule has 0 radical (unpaired) electrons. The van der Waals surface area contributed by atoms with Crippen LogP contribution in [0, 0.1) is 0 Å². The number of benzene rings is 2. The Kier molecular flexibility index (Phi) is 4.54. The average Bonchev–Trinajstić information content (AvgIpc) is 2.61. The zero-order valence-electron chi connectivity index (χ0n) is 13.3. The van der Waals surface area contributed by atoms with Crippen LogP contribution in [0.2, 0.25) is 0 Å². The maximum absolute atomic E-state index is 12.8. The standard InChI is InChI=1S/C17H13N5O3S.CH4/c18-17-20-13-7-3-4-8-14(13)26(24,25)22-15-9-11(16(23)21-17)10-5-1-2-6-12(10)19-15;/h1-9H,(H,19,22)(H3,18,20,21,23);1H4. The Bertz CT molecular complexity index is 1190. The van der Waals surface area contributed by atoms with Gasteiger partial charge in [-0.1, -0.05) is 37.8 Å². The number of nitrogens with two attached hydrogens (primary N) is 1. The largest absolute Gasteiger partial charge is 0.369 e. The van der Waals surface area contributed by atoms with Crippen molar-refractivity contribution in [3.63, 3.8) is 0 Å². The zero-order valence-corrected chi connectivity index (χ0v) is 14.1. The summed E-state index contributed by atoms with van der Waals surface area (Å²) in [6.45, 7) is 0. The van der Waals surface area contributed by atoms with Crippen molar-refractivity contribution < 1.29 is 13.2 Å². The highest BCUT2D eigenvalue weighted by atomic mass is 32.2. The first-order valence-corrected chi connectivity index (χ1v) is 9.09.